The molecule has 1 aromatic carbocycles. The Morgan fingerprint density at radius 1 is 1.18 bits per heavy atom. The van der Waals surface area contributed by atoms with E-state index in [2.05, 4.69) is 43.3 Å². The Morgan fingerprint density at radius 2 is 1.88 bits per heavy atom. The van der Waals surface area contributed by atoms with Crippen LogP contribution in [0.15, 0.2) is 35.2 Å². The van der Waals surface area contributed by atoms with E-state index in [4.69, 9.17) is 5.73 Å². The van der Waals surface area contributed by atoms with Gasteiger partial charge in [0.1, 0.15) is 0 Å². The molecule has 0 bridgehead atoms. The quantitative estimate of drug-likeness (QED) is 0.570. The maximum absolute atomic E-state index is 6.10. The van der Waals surface area contributed by atoms with Crippen molar-refractivity contribution in [3.63, 3.8) is 0 Å². The summed E-state index contributed by atoms with van der Waals surface area (Å²) in [4.78, 5) is 3.54. The fourth-order valence-electron chi connectivity index (χ4n) is 1.64. The van der Waals surface area contributed by atoms with Crippen molar-refractivity contribution in [2.45, 2.75) is 30.2 Å². The predicted molar refractivity (Wildman–Crippen MR) is 77.5 cm³/mol. The van der Waals surface area contributed by atoms with Crippen LogP contribution in [0, 0.1) is 0 Å². The van der Waals surface area contributed by atoms with Crippen molar-refractivity contribution < 1.29 is 0 Å². The van der Waals surface area contributed by atoms with Crippen LogP contribution in [-0.2, 0) is 0 Å². The Bertz CT molecular complexity index is 288. The minimum atomic E-state index is 0.322. The minimum Gasteiger partial charge on any atom is -0.327 e. The molecule has 0 amide bonds. The van der Waals surface area contributed by atoms with Crippen molar-refractivity contribution in [3.8, 4) is 0 Å². The van der Waals surface area contributed by atoms with Gasteiger partial charge in [0.25, 0.3) is 0 Å². The van der Waals surface area contributed by atoms with Crippen LogP contribution in [0.2, 0.25) is 0 Å². The second-order valence-corrected chi connectivity index (χ2v) is 5.78. The van der Waals surface area contributed by atoms with Crippen LogP contribution in [0.3, 0.4) is 0 Å². The molecule has 0 fully saturated rings. The van der Waals surface area contributed by atoms with Gasteiger partial charge in [0.15, 0.2) is 0 Å². The first kappa shape index (κ1) is 14.6. The van der Waals surface area contributed by atoms with Gasteiger partial charge in [-0.2, -0.15) is 0 Å². The normalized spacial score (nSPS) is 12.9. The van der Waals surface area contributed by atoms with E-state index in [1.807, 2.05) is 17.8 Å². The van der Waals surface area contributed by atoms with Crippen molar-refractivity contribution in [3.05, 3.63) is 30.3 Å². The first-order valence-electron chi connectivity index (χ1n) is 6.26. The molecule has 0 unspecified atom stereocenters. The molecule has 0 aliphatic heterocycles. The molecule has 17 heavy (non-hydrogen) atoms. The van der Waals surface area contributed by atoms with Crippen LogP contribution < -0.4 is 5.73 Å². The molecule has 0 aromatic heterocycles. The number of benzene rings is 1. The Hall–Kier alpha value is -0.510. The summed E-state index contributed by atoms with van der Waals surface area (Å²) in [5.74, 6) is 1.02. The molecule has 0 saturated carbocycles. The van der Waals surface area contributed by atoms with Crippen molar-refractivity contribution in [1.29, 1.82) is 0 Å². The number of hydrogen-bond acceptors (Lipinski definition) is 3. The number of nitrogens with zero attached hydrogens (tertiary/aromatic N) is 1. The third kappa shape index (κ3) is 7.42. The molecule has 2 nitrogen and oxygen atoms in total. The van der Waals surface area contributed by atoms with Gasteiger partial charge in [-0.1, -0.05) is 24.6 Å². The molecule has 1 rings (SSSR count). The van der Waals surface area contributed by atoms with E-state index in [1.165, 1.54) is 24.3 Å². The highest BCUT2D eigenvalue weighted by molar-refractivity contribution is 7.99. The molecule has 1 atom stereocenters. The zero-order chi connectivity index (χ0) is 12.5. The van der Waals surface area contributed by atoms with Crippen molar-refractivity contribution in [2.75, 3.05) is 26.4 Å². The summed E-state index contributed by atoms with van der Waals surface area (Å²) in [5, 5.41) is 0. The highest BCUT2D eigenvalue weighted by Crippen LogP contribution is 2.18. The van der Waals surface area contributed by atoms with Crippen molar-refractivity contribution in [2.24, 2.45) is 5.73 Å². The van der Waals surface area contributed by atoms with Crippen LogP contribution in [0.25, 0.3) is 0 Å². The van der Waals surface area contributed by atoms with Gasteiger partial charge in [0.2, 0.25) is 0 Å². The Labute approximate surface area is 110 Å². The third-order valence-electron chi connectivity index (χ3n) is 2.64. The van der Waals surface area contributed by atoms with E-state index in [9.17, 15) is 0 Å². The summed E-state index contributed by atoms with van der Waals surface area (Å²) < 4.78 is 0. The largest absolute Gasteiger partial charge is 0.327 e. The molecular formula is C14H24N2S. The lowest BCUT2D eigenvalue weighted by atomic mass is 10.1. The number of unbranched alkanes of at least 4 members (excludes halogenated alkanes) is 1. The molecule has 0 spiro atoms. The molecule has 3 heteroatoms. The summed E-state index contributed by atoms with van der Waals surface area (Å²) in [7, 11) is 4.23. The smallest absolute Gasteiger partial charge is 0.0133 e. The summed E-state index contributed by atoms with van der Waals surface area (Å²) in [5.41, 5.74) is 6.10. The second-order valence-electron chi connectivity index (χ2n) is 4.68. The number of hydrogen-bond donors (Lipinski definition) is 1. The van der Waals surface area contributed by atoms with Crippen LogP contribution >= 0.6 is 11.8 Å². The zero-order valence-corrected chi connectivity index (χ0v) is 11.7. The standard InChI is InChI=1S/C14H24N2S/c1-16(2)11-7-6-8-13(15)12-17-14-9-4-3-5-10-14/h3-5,9-10,13H,6-8,11-12,15H2,1-2H3/t13-/m1/s1. The third-order valence-corrected chi connectivity index (χ3v) is 3.84. The first-order valence-corrected chi connectivity index (χ1v) is 7.25. The van der Waals surface area contributed by atoms with Gasteiger partial charge >= 0.3 is 0 Å². The van der Waals surface area contributed by atoms with E-state index >= 15 is 0 Å². The molecule has 0 saturated heterocycles. The van der Waals surface area contributed by atoms with Gasteiger partial charge in [-0.15, -0.1) is 11.8 Å². The van der Waals surface area contributed by atoms with Gasteiger partial charge in [-0.3, -0.25) is 0 Å². The summed E-state index contributed by atoms with van der Waals surface area (Å²) in [6.07, 6.45) is 3.61. The number of rotatable bonds is 8. The van der Waals surface area contributed by atoms with E-state index in [-0.39, 0.29) is 0 Å². The van der Waals surface area contributed by atoms with Crippen LogP contribution in [0.4, 0.5) is 0 Å². The molecule has 2 N–H and O–H groups in total. The molecular weight excluding hydrogens is 228 g/mol. The summed E-state index contributed by atoms with van der Waals surface area (Å²) >= 11 is 1.86. The second kappa shape index (κ2) is 8.56. The van der Waals surface area contributed by atoms with Gasteiger partial charge in [-0.05, 0) is 45.6 Å². The molecule has 0 radical (unpaired) electrons. The lowest BCUT2D eigenvalue weighted by Crippen LogP contribution is -2.23. The van der Waals surface area contributed by atoms with E-state index in [1.54, 1.807) is 0 Å². The maximum atomic E-state index is 6.10. The highest BCUT2D eigenvalue weighted by atomic mass is 32.2. The molecule has 0 aliphatic carbocycles. The first-order chi connectivity index (χ1) is 8.18. The molecule has 0 heterocycles. The van der Waals surface area contributed by atoms with Crippen molar-refractivity contribution in [1.82, 2.24) is 4.90 Å². The SMILES string of the molecule is CN(C)CCCC[C@@H](N)CSc1ccccc1. The molecule has 1 aromatic rings. The number of thioether (sulfide) groups is 1. The average Bonchev–Trinajstić information content (AvgIpc) is 2.33. The van der Waals surface area contributed by atoms with E-state index < -0.39 is 0 Å². The Morgan fingerprint density at radius 3 is 2.53 bits per heavy atom. The molecule has 0 aliphatic rings. The average molecular weight is 252 g/mol. The highest BCUT2D eigenvalue weighted by Gasteiger charge is 2.03. The molecule has 96 valence electrons. The lowest BCUT2D eigenvalue weighted by Gasteiger charge is -2.12. The fraction of sp³-hybridized carbons (Fsp3) is 0.571. The van der Waals surface area contributed by atoms with Gasteiger partial charge in [-0.25, -0.2) is 0 Å². The van der Waals surface area contributed by atoms with Crippen LogP contribution in [-0.4, -0.2) is 37.3 Å². The topological polar surface area (TPSA) is 29.3 Å². The van der Waals surface area contributed by atoms with E-state index in [0.29, 0.717) is 6.04 Å². The fourth-order valence-corrected chi connectivity index (χ4v) is 2.56. The lowest BCUT2D eigenvalue weighted by molar-refractivity contribution is 0.388. The van der Waals surface area contributed by atoms with Gasteiger partial charge in [0, 0.05) is 16.7 Å². The van der Waals surface area contributed by atoms with E-state index in [0.717, 1.165) is 12.2 Å². The Kier molecular flexibility index (Phi) is 7.33. The predicted octanol–water partition coefficient (Wildman–Crippen LogP) is 2.84. The van der Waals surface area contributed by atoms with Gasteiger partial charge < -0.3 is 10.6 Å². The maximum Gasteiger partial charge on any atom is 0.0133 e. The Balaban J connectivity index is 2.07. The number of nitrogens with two attached hydrogens (primary N) is 1. The van der Waals surface area contributed by atoms with Crippen LogP contribution in [0.1, 0.15) is 19.3 Å². The van der Waals surface area contributed by atoms with Gasteiger partial charge in [0.05, 0.1) is 0 Å². The minimum absolute atomic E-state index is 0.322. The van der Waals surface area contributed by atoms with Crippen molar-refractivity contribution >= 4 is 11.8 Å². The monoisotopic (exact) mass is 252 g/mol. The van der Waals surface area contributed by atoms with Crippen LogP contribution in [0.5, 0.6) is 0 Å². The summed E-state index contributed by atoms with van der Waals surface area (Å²) in [6.45, 7) is 1.17. The zero-order valence-electron chi connectivity index (χ0n) is 10.9. The summed E-state index contributed by atoms with van der Waals surface area (Å²) in [6, 6.07) is 10.8.